The number of hydrogen-bond acceptors (Lipinski definition) is 4. The van der Waals surface area contributed by atoms with Crippen molar-refractivity contribution in [1.82, 2.24) is 0 Å². The van der Waals surface area contributed by atoms with E-state index in [9.17, 15) is 5.11 Å². The minimum Gasteiger partial charge on any atom is -0.504 e. The number of oxime groups is 1. The highest BCUT2D eigenvalue weighted by atomic mass is 16.5. The molecule has 4 nitrogen and oxygen atoms in total. The number of rotatable bonds is 0. The average molecular weight is 219 g/mol. The molecule has 1 aromatic rings. The Bertz CT molecular complexity index is 463. The molecule has 2 N–H and O–H groups in total. The van der Waals surface area contributed by atoms with Gasteiger partial charge in [-0.15, -0.1) is 0 Å². The second-order valence-corrected chi connectivity index (χ2v) is 4.52. The molecule has 0 amide bonds. The Morgan fingerprint density at radius 2 is 2.12 bits per heavy atom. The highest BCUT2D eigenvalue weighted by molar-refractivity contribution is 6.04. The van der Waals surface area contributed by atoms with Crippen LogP contribution in [-0.4, -0.2) is 21.6 Å². The maximum absolute atomic E-state index is 9.76. The molecule has 1 heterocycles. The minimum atomic E-state index is -0.243. The van der Waals surface area contributed by atoms with Gasteiger partial charge in [-0.05, 0) is 31.4 Å². The Hall–Kier alpha value is -1.71. The Balaban J connectivity index is 2.12. The maximum atomic E-state index is 9.76. The Kier molecular flexibility index (Phi) is 1.87. The number of hydrogen-bond donors (Lipinski definition) is 2. The predicted molar refractivity (Wildman–Crippen MR) is 58.3 cm³/mol. The Labute approximate surface area is 93.2 Å². The summed E-state index contributed by atoms with van der Waals surface area (Å²) >= 11 is 0. The van der Waals surface area contributed by atoms with E-state index in [0.717, 1.165) is 19.3 Å². The fourth-order valence-corrected chi connectivity index (χ4v) is 2.45. The second-order valence-electron chi connectivity index (χ2n) is 4.52. The second kappa shape index (κ2) is 3.14. The average Bonchev–Trinajstić information content (AvgIpc) is 2.26. The first kappa shape index (κ1) is 9.51. The molecule has 0 aromatic heterocycles. The van der Waals surface area contributed by atoms with Gasteiger partial charge in [-0.3, -0.25) is 0 Å². The van der Waals surface area contributed by atoms with Gasteiger partial charge in [0.25, 0.3) is 0 Å². The van der Waals surface area contributed by atoms with Crippen LogP contribution in [0.3, 0.4) is 0 Å². The van der Waals surface area contributed by atoms with Crippen molar-refractivity contribution in [3.63, 3.8) is 0 Å². The quantitative estimate of drug-likeness (QED) is 0.519. The van der Waals surface area contributed by atoms with E-state index in [2.05, 4.69) is 5.16 Å². The third-order valence-corrected chi connectivity index (χ3v) is 3.50. The third kappa shape index (κ3) is 1.19. The lowest BCUT2D eigenvalue weighted by Crippen LogP contribution is -2.47. The van der Waals surface area contributed by atoms with Gasteiger partial charge in [0, 0.05) is 12.0 Å². The van der Waals surface area contributed by atoms with Crippen LogP contribution in [0.5, 0.6) is 11.5 Å². The SMILES string of the molecule is ON=C1CC2(CCC2)Oc2c(O)cccc21. The van der Waals surface area contributed by atoms with E-state index in [0.29, 0.717) is 23.4 Å². The molecule has 0 radical (unpaired) electrons. The van der Waals surface area contributed by atoms with Gasteiger partial charge in [0.15, 0.2) is 11.5 Å². The first-order valence-electron chi connectivity index (χ1n) is 5.46. The molecule has 0 atom stereocenters. The number of phenolic OH excluding ortho intramolecular Hbond substituents is 1. The van der Waals surface area contributed by atoms with Crippen LogP contribution in [0.25, 0.3) is 0 Å². The van der Waals surface area contributed by atoms with Gasteiger partial charge in [0.05, 0.1) is 5.71 Å². The first-order valence-corrected chi connectivity index (χ1v) is 5.46. The van der Waals surface area contributed by atoms with Gasteiger partial charge in [0.2, 0.25) is 0 Å². The topological polar surface area (TPSA) is 62.1 Å². The van der Waals surface area contributed by atoms with E-state index < -0.39 is 0 Å². The molecule has 1 saturated carbocycles. The van der Waals surface area contributed by atoms with Gasteiger partial charge < -0.3 is 15.1 Å². The van der Waals surface area contributed by atoms with Gasteiger partial charge in [-0.25, -0.2) is 0 Å². The molecule has 0 bridgehead atoms. The maximum Gasteiger partial charge on any atom is 0.170 e. The van der Waals surface area contributed by atoms with Gasteiger partial charge in [-0.2, -0.15) is 0 Å². The normalized spacial score (nSPS) is 23.6. The fourth-order valence-electron chi connectivity index (χ4n) is 2.45. The summed E-state index contributed by atoms with van der Waals surface area (Å²) in [5.74, 6) is 0.575. The Morgan fingerprint density at radius 1 is 1.31 bits per heavy atom. The number of benzene rings is 1. The van der Waals surface area contributed by atoms with Crippen LogP contribution in [0.4, 0.5) is 0 Å². The zero-order chi connectivity index (χ0) is 11.2. The van der Waals surface area contributed by atoms with Crippen LogP contribution < -0.4 is 4.74 Å². The zero-order valence-corrected chi connectivity index (χ0v) is 8.81. The molecule has 4 heteroatoms. The number of ether oxygens (including phenoxy) is 1. The van der Waals surface area contributed by atoms with E-state index >= 15 is 0 Å². The van der Waals surface area contributed by atoms with E-state index in [1.165, 1.54) is 0 Å². The first-order chi connectivity index (χ1) is 7.74. The molecule has 0 saturated heterocycles. The zero-order valence-electron chi connectivity index (χ0n) is 8.81. The molecule has 1 aliphatic heterocycles. The summed E-state index contributed by atoms with van der Waals surface area (Å²) in [6, 6.07) is 5.11. The summed E-state index contributed by atoms with van der Waals surface area (Å²) < 4.78 is 5.88. The molecule has 84 valence electrons. The summed E-state index contributed by atoms with van der Waals surface area (Å²) in [6.45, 7) is 0. The van der Waals surface area contributed by atoms with Crippen molar-refractivity contribution in [3.8, 4) is 11.5 Å². The lowest BCUT2D eigenvalue weighted by atomic mass is 9.74. The predicted octanol–water partition coefficient (Wildman–Crippen LogP) is 2.28. The lowest BCUT2D eigenvalue weighted by Gasteiger charge is -2.45. The number of fused-ring (bicyclic) bond motifs is 1. The van der Waals surface area contributed by atoms with Gasteiger partial charge in [0.1, 0.15) is 5.60 Å². The number of para-hydroxylation sites is 1. The van der Waals surface area contributed by atoms with Crippen molar-refractivity contribution in [2.24, 2.45) is 5.16 Å². The number of aromatic hydroxyl groups is 1. The summed E-state index contributed by atoms with van der Waals surface area (Å²) in [5.41, 5.74) is 1.06. The smallest absolute Gasteiger partial charge is 0.170 e. The van der Waals surface area contributed by atoms with Crippen molar-refractivity contribution in [3.05, 3.63) is 23.8 Å². The molecule has 1 spiro atoms. The molecule has 2 aliphatic rings. The molecule has 1 fully saturated rings. The van der Waals surface area contributed by atoms with Crippen LogP contribution >= 0.6 is 0 Å². The Morgan fingerprint density at radius 3 is 2.75 bits per heavy atom. The fraction of sp³-hybridized carbons (Fsp3) is 0.417. The van der Waals surface area contributed by atoms with Crippen LogP contribution in [0.2, 0.25) is 0 Å². The van der Waals surface area contributed by atoms with Crippen molar-refractivity contribution >= 4 is 5.71 Å². The molecular weight excluding hydrogens is 206 g/mol. The highest BCUT2D eigenvalue weighted by Gasteiger charge is 2.45. The van der Waals surface area contributed by atoms with Crippen LogP contribution in [0.15, 0.2) is 23.4 Å². The standard InChI is InChI=1S/C12H13NO3/c14-10-4-1-3-8-9(13-15)7-12(5-2-6-12)16-11(8)10/h1,3-4,14-15H,2,5-7H2. The van der Waals surface area contributed by atoms with E-state index in [1.54, 1.807) is 18.2 Å². The minimum absolute atomic E-state index is 0.115. The van der Waals surface area contributed by atoms with E-state index in [1.807, 2.05) is 0 Å². The van der Waals surface area contributed by atoms with Crippen molar-refractivity contribution in [1.29, 1.82) is 0 Å². The van der Waals surface area contributed by atoms with Crippen molar-refractivity contribution in [2.75, 3.05) is 0 Å². The van der Waals surface area contributed by atoms with E-state index in [4.69, 9.17) is 9.94 Å². The van der Waals surface area contributed by atoms with Gasteiger partial charge >= 0.3 is 0 Å². The molecule has 3 rings (SSSR count). The highest BCUT2D eigenvalue weighted by Crippen LogP contribution is 2.47. The van der Waals surface area contributed by atoms with Crippen LogP contribution in [0, 0.1) is 0 Å². The van der Waals surface area contributed by atoms with Crippen LogP contribution in [-0.2, 0) is 0 Å². The van der Waals surface area contributed by atoms with Crippen molar-refractivity contribution in [2.45, 2.75) is 31.3 Å². The largest absolute Gasteiger partial charge is 0.504 e. The molecular formula is C12H13NO3. The summed E-state index contributed by atoms with van der Waals surface area (Å²) in [4.78, 5) is 0. The van der Waals surface area contributed by atoms with E-state index in [-0.39, 0.29) is 11.4 Å². The van der Waals surface area contributed by atoms with Crippen molar-refractivity contribution < 1.29 is 15.1 Å². The monoisotopic (exact) mass is 219 g/mol. The molecule has 1 aromatic carbocycles. The lowest BCUT2D eigenvalue weighted by molar-refractivity contribution is -0.00748. The third-order valence-electron chi connectivity index (χ3n) is 3.50. The molecule has 0 unspecified atom stereocenters. The molecule has 16 heavy (non-hydrogen) atoms. The summed E-state index contributed by atoms with van der Waals surface area (Å²) in [7, 11) is 0. The van der Waals surface area contributed by atoms with Gasteiger partial charge in [-0.1, -0.05) is 11.2 Å². The summed E-state index contributed by atoms with van der Waals surface area (Å²) in [6.07, 6.45) is 3.67. The summed E-state index contributed by atoms with van der Waals surface area (Å²) in [5, 5.41) is 22.1. The number of nitrogens with zero attached hydrogens (tertiary/aromatic N) is 1. The molecule has 1 aliphatic carbocycles. The van der Waals surface area contributed by atoms with Crippen LogP contribution in [0.1, 0.15) is 31.2 Å². The number of phenols is 1.